The molecule has 0 aromatic heterocycles. The molecule has 0 atom stereocenters. The fourth-order valence-corrected chi connectivity index (χ4v) is 0. The second-order valence-electron chi connectivity index (χ2n) is 1.11. The van der Waals surface area contributed by atoms with Crippen LogP contribution in [0.15, 0.2) is 0 Å². The topological polar surface area (TPSA) is 97.3 Å². The minimum absolute atomic E-state index is 0. The van der Waals surface area contributed by atoms with Crippen molar-refractivity contribution in [2.24, 2.45) is 0 Å². The molecule has 0 amide bonds. The van der Waals surface area contributed by atoms with Crippen LogP contribution >= 0.6 is 0 Å². The van der Waals surface area contributed by atoms with E-state index in [2.05, 4.69) is 0 Å². The first-order chi connectivity index (χ1) is 6.41. The minimum Gasteiger partial charge on any atom is -0.777 e. The van der Waals surface area contributed by atoms with Crippen LogP contribution in [0.1, 0.15) is 0 Å². The molecule has 14 heteroatoms. The number of alkyl halides is 6. The molecule has 0 radical (unpaired) electrons. The van der Waals surface area contributed by atoms with Gasteiger partial charge >= 0.3 is 32.8 Å². The third-order valence-corrected chi connectivity index (χ3v) is 1.50. The van der Waals surface area contributed by atoms with E-state index in [1.807, 2.05) is 0 Å². The molecule has 0 heterocycles. The Kier molecular flexibility index (Phi) is 20.6. The Bertz CT molecular complexity index is 318. The van der Waals surface area contributed by atoms with Crippen molar-refractivity contribution in [3.63, 3.8) is 0 Å². The van der Waals surface area contributed by atoms with Crippen LogP contribution in [0.5, 0.6) is 0 Å². The molecule has 0 saturated heterocycles. The van der Waals surface area contributed by atoms with Crippen molar-refractivity contribution in [1.29, 1.82) is 0 Å². The second-order valence-corrected chi connectivity index (χ2v) is 4.37. The van der Waals surface area contributed by atoms with Crippen LogP contribution in [-0.2, 0) is 37.8 Å². The minimum atomic E-state index is -5.07. The quantitative estimate of drug-likeness (QED) is 0.473. The normalized spacial score (nSPS) is 9.38. The zero-order valence-electron chi connectivity index (χ0n) is 6.99. The summed E-state index contributed by atoms with van der Waals surface area (Å²) in [5.74, 6) is 0. The first kappa shape index (κ1) is 25.1. The molecule has 0 aromatic carbocycles. The smallest absolute Gasteiger partial charge is 0.777 e. The Morgan fingerprint density at radius 1 is 0.875 bits per heavy atom. The van der Waals surface area contributed by atoms with Crippen LogP contribution in [0.4, 0.5) is 26.3 Å². The molecular formula is C2H2F6O5S2Zn. The summed E-state index contributed by atoms with van der Waals surface area (Å²) in [6, 6.07) is 0. The fraction of sp³-hybridized carbons (Fsp3) is 1.00. The Morgan fingerprint density at radius 3 is 0.938 bits per heavy atom. The third kappa shape index (κ3) is 65.1. The average molecular weight is 350 g/mol. The van der Waals surface area contributed by atoms with Gasteiger partial charge in [0.05, 0.1) is 0 Å². The number of hydrogen-bond acceptors (Lipinski definition) is 5. The van der Waals surface area contributed by atoms with Crippen LogP contribution < -0.4 is 0 Å². The first-order valence-electron chi connectivity index (χ1n) is 2.31. The molecule has 0 aromatic rings. The van der Waals surface area contributed by atoms with E-state index in [0.29, 0.717) is 0 Å². The molecule has 16 heavy (non-hydrogen) atoms. The maximum Gasteiger partial charge on any atom is 2.00 e. The van der Waals surface area contributed by atoms with E-state index in [1.54, 1.807) is 0 Å². The van der Waals surface area contributed by atoms with Gasteiger partial charge in [0, 0.05) is 0 Å². The predicted octanol–water partition coefficient (Wildman–Crippen LogP) is 0.680. The van der Waals surface area contributed by atoms with Gasteiger partial charge in [-0.05, 0) is 0 Å². The summed E-state index contributed by atoms with van der Waals surface area (Å²) in [4.78, 5) is 0. The summed E-state index contributed by atoms with van der Waals surface area (Å²) in [6.07, 6.45) is 0. The average Bonchev–Trinajstić information content (AvgIpc) is 1.80. The molecule has 0 aliphatic heterocycles. The van der Waals surface area contributed by atoms with Crippen molar-refractivity contribution in [2.45, 2.75) is 13.4 Å². The van der Waals surface area contributed by atoms with E-state index < -0.39 is 31.7 Å². The van der Waals surface area contributed by atoms with Crippen LogP contribution in [0.2, 0.25) is 0 Å². The van der Waals surface area contributed by atoms with Crippen LogP contribution in [0.3, 0.4) is 0 Å². The van der Waals surface area contributed by atoms with Crippen LogP contribution in [0.25, 0.3) is 0 Å². The van der Waals surface area contributed by atoms with E-state index in [4.69, 9.17) is 21.7 Å². The third-order valence-electron chi connectivity index (χ3n) is 0.167. The van der Waals surface area contributed by atoms with E-state index in [9.17, 15) is 26.3 Å². The molecule has 0 unspecified atom stereocenters. The zero-order chi connectivity index (χ0) is 13.2. The molecule has 0 saturated carbocycles. The number of halogens is 6. The molecule has 0 spiro atoms. The Balaban J connectivity index is -0.0000000700. The number of hydrogen-bond donors (Lipinski definition) is 0. The molecule has 0 N–H and O–H groups in total. The summed E-state index contributed by atoms with van der Waals surface area (Å²) >= 11 is 0. The monoisotopic (exact) mass is 348 g/mol. The van der Waals surface area contributed by atoms with Gasteiger partial charge in [0.2, 0.25) is 9.26 Å². The Labute approximate surface area is 99.5 Å². The van der Waals surface area contributed by atoms with E-state index in [1.165, 1.54) is 0 Å². The predicted molar refractivity (Wildman–Crippen MR) is 32.8 cm³/mol. The largest absolute Gasteiger partial charge is 2.00 e. The van der Waals surface area contributed by atoms with Gasteiger partial charge in [0.25, 0.3) is 0 Å². The second kappa shape index (κ2) is 13.2. The Hall–Kier alpha value is 0.0934. The van der Waals surface area contributed by atoms with Gasteiger partial charge in [-0.2, -0.15) is 34.8 Å². The van der Waals surface area contributed by atoms with E-state index >= 15 is 0 Å². The molecular weight excluding hydrogens is 348 g/mol. The molecule has 0 rings (SSSR count). The van der Waals surface area contributed by atoms with Crippen molar-refractivity contribution >= 4 is 18.3 Å². The summed E-state index contributed by atoms with van der Waals surface area (Å²) in [6.45, 7) is -7.33. The van der Waals surface area contributed by atoms with Crippen molar-refractivity contribution in [2.75, 3.05) is 0 Å². The number of rotatable bonds is 0. The first-order valence-corrected chi connectivity index (χ1v) is 5.31. The summed E-state index contributed by atoms with van der Waals surface area (Å²) in [7, 11) is -8.59. The SMILES string of the molecule is FC(F)F.FC(F)F.O=S(=O)=S(=O)([O-])[O-].[Zn+2]. The molecule has 0 fully saturated rings. The van der Waals surface area contributed by atoms with Gasteiger partial charge < -0.3 is 9.11 Å². The van der Waals surface area contributed by atoms with Crippen molar-refractivity contribution < 1.29 is 67.6 Å². The summed E-state index contributed by atoms with van der Waals surface area (Å²) in [5.41, 5.74) is 0. The molecule has 0 bridgehead atoms. The summed E-state index contributed by atoms with van der Waals surface area (Å²) in [5, 5.41) is 0. The van der Waals surface area contributed by atoms with Gasteiger partial charge in [-0.3, -0.25) is 4.21 Å². The van der Waals surface area contributed by atoms with E-state index in [-0.39, 0.29) is 19.5 Å². The summed E-state index contributed by atoms with van der Waals surface area (Å²) < 4.78 is 104. The van der Waals surface area contributed by atoms with Crippen LogP contribution in [0, 0.1) is 0 Å². The van der Waals surface area contributed by atoms with Crippen LogP contribution in [-0.4, -0.2) is 35.1 Å². The van der Waals surface area contributed by atoms with Crippen molar-refractivity contribution in [3.8, 4) is 0 Å². The van der Waals surface area contributed by atoms with Gasteiger partial charge in [-0.25, -0.2) is 0 Å². The molecule has 96 valence electrons. The standard InChI is InChI=1S/2CHF3.H2O5S2.Zn/c2*2-1(3)4;1-6(2)7(3,4)5;/h2*1H;(H2,3,4,5);/q;;;+2/p-2. The van der Waals surface area contributed by atoms with Gasteiger partial charge in [-0.15, -0.1) is 0 Å². The Morgan fingerprint density at radius 2 is 0.938 bits per heavy atom. The maximum atomic E-state index is 9.67. The van der Waals surface area contributed by atoms with E-state index in [0.717, 1.165) is 0 Å². The fourth-order valence-electron chi connectivity index (χ4n) is 0. The molecule has 0 aliphatic rings. The van der Waals surface area contributed by atoms with Gasteiger partial charge in [0.1, 0.15) is 0 Å². The molecule has 0 aliphatic carbocycles. The maximum absolute atomic E-state index is 9.67. The molecule has 5 nitrogen and oxygen atoms in total. The van der Waals surface area contributed by atoms with Gasteiger partial charge in [0.15, 0.2) is 0 Å². The van der Waals surface area contributed by atoms with Crippen molar-refractivity contribution in [3.05, 3.63) is 0 Å². The van der Waals surface area contributed by atoms with Crippen molar-refractivity contribution in [1.82, 2.24) is 0 Å². The van der Waals surface area contributed by atoms with Gasteiger partial charge in [-0.1, -0.05) is 9.05 Å². The zero-order valence-corrected chi connectivity index (χ0v) is 11.6.